The quantitative estimate of drug-likeness (QED) is 0.902. The smallest absolute Gasteiger partial charge is 0.229 e. The Bertz CT molecular complexity index is 598. The van der Waals surface area contributed by atoms with Gasteiger partial charge >= 0.3 is 0 Å². The highest BCUT2D eigenvalue weighted by atomic mass is 16.3. The number of benzene rings is 1. The van der Waals surface area contributed by atoms with E-state index in [1.54, 1.807) is 4.90 Å². The molecule has 0 saturated heterocycles. The van der Waals surface area contributed by atoms with Crippen molar-refractivity contribution in [2.24, 2.45) is 0 Å². The fraction of sp³-hybridized carbons (Fsp3) is 0.579. The zero-order valence-electron chi connectivity index (χ0n) is 14.1. The van der Waals surface area contributed by atoms with Gasteiger partial charge in [-0.2, -0.15) is 5.26 Å². The lowest BCUT2D eigenvalue weighted by Crippen LogP contribution is -2.41. The number of nitrogens with zero attached hydrogens (tertiary/aromatic N) is 2. The molecule has 1 aliphatic rings. The normalized spacial score (nSPS) is 16.6. The summed E-state index contributed by atoms with van der Waals surface area (Å²) in [6.45, 7) is 4.42. The molecular formula is C19H26N2O2. The first-order chi connectivity index (χ1) is 10.9. The van der Waals surface area contributed by atoms with Crippen LogP contribution in [0.5, 0.6) is 0 Å². The minimum Gasteiger partial charge on any atom is -0.389 e. The van der Waals surface area contributed by atoms with Crippen molar-refractivity contribution >= 4 is 11.6 Å². The maximum absolute atomic E-state index is 12.8. The summed E-state index contributed by atoms with van der Waals surface area (Å²) >= 11 is 0. The van der Waals surface area contributed by atoms with Gasteiger partial charge in [-0.15, -0.1) is 0 Å². The molecule has 0 spiro atoms. The van der Waals surface area contributed by atoms with Gasteiger partial charge in [-0.05, 0) is 49.9 Å². The van der Waals surface area contributed by atoms with Gasteiger partial charge in [-0.3, -0.25) is 4.79 Å². The second-order valence-electron chi connectivity index (χ2n) is 6.68. The number of hydrogen-bond donors (Lipinski definition) is 1. The molecule has 0 aromatic heterocycles. The van der Waals surface area contributed by atoms with Crippen molar-refractivity contribution in [3.8, 4) is 6.07 Å². The van der Waals surface area contributed by atoms with E-state index >= 15 is 0 Å². The van der Waals surface area contributed by atoms with Crippen LogP contribution in [0.4, 0.5) is 5.69 Å². The molecule has 4 heteroatoms. The Kier molecular flexibility index (Phi) is 5.79. The lowest BCUT2D eigenvalue weighted by atomic mass is 9.82. The summed E-state index contributed by atoms with van der Waals surface area (Å²) in [6, 6.07) is 8.00. The van der Waals surface area contributed by atoms with E-state index in [0.717, 1.165) is 30.5 Å². The number of aliphatic hydroxyl groups is 1. The minimum atomic E-state index is -0.875. The maximum Gasteiger partial charge on any atom is 0.229 e. The molecule has 1 aromatic carbocycles. The van der Waals surface area contributed by atoms with Crippen molar-refractivity contribution in [3.63, 3.8) is 0 Å². The van der Waals surface area contributed by atoms with E-state index in [1.807, 2.05) is 32.0 Å². The van der Waals surface area contributed by atoms with Crippen LogP contribution in [0.3, 0.4) is 0 Å². The zero-order valence-corrected chi connectivity index (χ0v) is 14.1. The first kappa shape index (κ1) is 17.5. The summed E-state index contributed by atoms with van der Waals surface area (Å²) in [5, 5.41) is 19.5. The summed E-state index contributed by atoms with van der Waals surface area (Å²) in [5.41, 5.74) is 2.23. The number of hydrogen-bond acceptors (Lipinski definition) is 3. The highest BCUT2D eigenvalue weighted by Crippen LogP contribution is 2.32. The van der Waals surface area contributed by atoms with Gasteiger partial charge < -0.3 is 10.0 Å². The standard InChI is InChI=1S/C19H26N2O2/c1-15-7-8-17(13-16(15)2)21(12-6-11-20)18(22)14-19(23)9-4-3-5-10-19/h7-8,13,23H,3-6,9-10,12,14H2,1-2H3. The molecule has 1 N–H and O–H groups in total. The third-order valence-electron chi connectivity index (χ3n) is 4.81. The largest absolute Gasteiger partial charge is 0.389 e. The Morgan fingerprint density at radius 1 is 1.26 bits per heavy atom. The Morgan fingerprint density at radius 2 is 1.96 bits per heavy atom. The maximum atomic E-state index is 12.8. The molecule has 1 saturated carbocycles. The van der Waals surface area contributed by atoms with E-state index < -0.39 is 5.60 Å². The predicted molar refractivity (Wildman–Crippen MR) is 91.2 cm³/mol. The number of anilines is 1. The van der Waals surface area contributed by atoms with Gasteiger partial charge in [0.25, 0.3) is 0 Å². The van der Waals surface area contributed by atoms with Crippen LogP contribution in [0.25, 0.3) is 0 Å². The Balaban J connectivity index is 2.18. The highest BCUT2D eigenvalue weighted by molar-refractivity contribution is 5.94. The molecule has 124 valence electrons. The van der Waals surface area contributed by atoms with Crippen LogP contribution >= 0.6 is 0 Å². The Hall–Kier alpha value is -1.86. The molecule has 1 amide bonds. The fourth-order valence-electron chi connectivity index (χ4n) is 3.22. The number of nitriles is 1. The summed E-state index contributed by atoms with van der Waals surface area (Å²) in [4.78, 5) is 14.4. The van der Waals surface area contributed by atoms with Crippen molar-refractivity contribution in [2.45, 2.75) is 64.4 Å². The van der Waals surface area contributed by atoms with Crippen LogP contribution in [0.15, 0.2) is 18.2 Å². The summed E-state index contributed by atoms with van der Waals surface area (Å²) in [7, 11) is 0. The molecule has 1 aromatic rings. The van der Waals surface area contributed by atoms with Gasteiger partial charge in [-0.1, -0.05) is 25.3 Å². The molecule has 0 bridgehead atoms. The second-order valence-corrected chi connectivity index (χ2v) is 6.68. The second kappa shape index (κ2) is 7.61. The number of rotatable bonds is 5. The average Bonchev–Trinajstić information content (AvgIpc) is 2.51. The molecule has 0 unspecified atom stereocenters. The van der Waals surface area contributed by atoms with Crippen molar-refractivity contribution < 1.29 is 9.90 Å². The first-order valence-corrected chi connectivity index (χ1v) is 8.42. The number of carbonyl (C=O) groups is 1. The van der Waals surface area contributed by atoms with Gasteiger partial charge in [0.2, 0.25) is 5.91 Å². The SMILES string of the molecule is Cc1ccc(N(CCC#N)C(=O)CC2(O)CCCCC2)cc1C. The van der Waals surface area contributed by atoms with Gasteiger partial charge in [0.05, 0.1) is 24.5 Å². The minimum absolute atomic E-state index is 0.0899. The molecule has 2 rings (SSSR count). The third kappa shape index (κ3) is 4.56. The lowest BCUT2D eigenvalue weighted by molar-refractivity contribution is -0.124. The molecular weight excluding hydrogens is 288 g/mol. The van der Waals surface area contributed by atoms with E-state index in [1.165, 1.54) is 5.56 Å². The molecule has 0 atom stereocenters. The van der Waals surface area contributed by atoms with Crippen LogP contribution in [0.2, 0.25) is 0 Å². The number of carbonyl (C=O) groups excluding carboxylic acids is 1. The fourth-order valence-corrected chi connectivity index (χ4v) is 3.22. The van der Waals surface area contributed by atoms with Crippen molar-refractivity contribution in [3.05, 3.63) is 29.3 Å². The zero-order chi connectivity index (χ0) is 16.9. The van der Waals surface area contributed by atoms with E-state index in [0.29, 0.717) is 19.4 Å². The summed E-state index contributed by atoms with van der Waals surface area (Å²) in [6.07, 6.45) is 4.90. The Labute approximate surface area is 138 Å². The van der Waals surface area contributed by atoms with E-state index in [2.05, 4.69) is 6.07 Å². The van der Waals surface area contributed by atoms with Crippen LogP contribution in [0, 0.1) is 25.2 Å². The van der Waals surface area contributed by atoms with E-state index in [-0.39, 0.29) is 18.7 Å². The monoisotopic (exact) mass is 314 g/mol. The van der Waals surface area contributed by atoms with Crippen molar-refractivity contribution in [1.29, 1.82) is 5.26 Å². The van der Waals surface area contributed by atoms with Crippen LogP contribution < -0.4 is 4.90 Å². The van der Waals surface area contributed by atoms with Gasteiger partial charge in [0.15, 0.2) is 0 Å². The topological polar surface area (TPSA) is 64.3 Å². The lowest BCUT2D eigenvalue weighted by Gasteiger charge is -2.33. The molecule has 0 radical (unpaired) electrons. The molecule has 0 aliphatic heterocycles. The number of aryl methyl sites for hydroxylation is 2. The van der Waals surface area contributed by atoms with Crippen LogP contribution in [-0.4, -0.2) is 23.2 Å². The first-order valence-electron chi connectivity index (χ1n) is 8.42. The Morgan fingerprint density at radius 3 is 2.57 bits per heavy atom. The number of amides is 1. The summed E-state index contributed by atoms with van der Waals surface area (Å²) < 4.78 is 0. The van der Waals surface area contributed by atoms with Crippen LogP contribution in [0.1, 0.15) is 56.1 Å². The van der Waals surface area contributed by atoms with Crippen molar-refractivity contribution in [1.82, 2.24) is 0 Å². The third-order valence-corrected chi connectivity index (χ3v) is 4.81. The molecule has 1 fully saturated rings. The van der Waals surface area contributed by atoms with E-state index in [9.17, 15) is 9.90 Å². The highest BCUT2D eigenvalue weighted by Gasteiger charge is 2.33. The van der Waals surface area contributed by atoms with Crippen LogP contribution in [-0.2, 0) is 4.79 Å². The predicted octanol–water partition coefficient (Wildman–Crippen LogP) is 3.64. The van der Waals surface area contributed by atoms with Gasteiger partial charge in [0, 0.05) is 12.2 Å². The van der Waals surface area contributed by atoms with Gasteiger partial charge in [0.1, 0.15) is 0 Å². The average molecular weight is 314 g/mol. The summed E-state index contributed by atoms with van der Waals surface area (Å²) in [5.74, 6) is -0.0899. The molecule has 23 heavy (non-hydrogen) atoms. The molecule has 1 aliphatic carbocycles. The van der Waals surface area contributed by atoms with Crippen molar-refractivity contribution in [2.75, 3.05) is 11.4 Å². The molecule has 0 heterocycles. The van der Waals surface area contributed by atoms with Gasteiger partial charge in [-0.25, -0.2) is 0 Å². The van der Waals surface area contributed by atoms with E-state index in [4.69, 9.17) is 5.26 Å². The molecule has 4 nitrogen and oxygen atoms in total.